The normalized spacial score (nSPS) is 12.1. The molecule has 1 aromatic carbocycles. The van der Waals surface area contributed by atoms with Crippen LogP contribution in [0, 0.1) is 5.82 Å². The fourth-order valence-electron chi connectivity index (χ4n) is 2.03. The largest absolute Gasteiger partial charge is 0.489 e. The van der Waals surface area contributed by atoms with Crippen LogP contribution in [0.15, 0.2) is 34.6 Å². The van der Waals surface area contributed by atoms with Gasteiger partial charge in [0.1, 0.15) is 17.7 Å². The van der Waals surface area contributed by atoms with E-state index < -0.39 is 0 Å². The van der Waals surface area contributed by atoms with Gasteiger partial charge in [-0.2, -0.15) is 0 Å². The number of benzene rings is 1. The van der Waals surface area contributed by atoms with Gasteiger partial charge in [-0.3, -0.25) is 4.99 Å². The Labute approximate surface area is 174 Å². The molecule has 2 N–H and O–H groups in total. The number of halogens is 2. The summed E-state index contributed by atoms with van der Waals surface area (Å²) in [6.45, 7) is 3.04. The van der Waals surface area contributed by atoms with Crippen molar-refractivity contribution in [3.05, 3.63) is 41.2 Å². The van der Waals surface area contributed by atoms with Crippen LogP contribution in [0.4, 0.5) is 9.52 Å². The summed E-state index contributed by atoms with van der Waals surface area (Å²) in [5, 5.41) is 9.39. The van der Waals surface area contributed by atoms with Crippen LogP contribution in [0.5, 0.6) is 5.75 Å². The van der Waals surface area contributed by atoms with Gasteiger partial charge in [-0.1, -0.05) is 6.07 Å². The third-order valence-corrected chi connectivity index (χ3v) is 4.33. The summed E-state index contributed by atoms with van der Waals surface area (Å²) >= 11 is 1.60. The lowest BCUT2D eigenvalue weighted by atomic mass is 10.3. The first-order chi connectivity index (χ1) is 12.0. The lowest BCUT2D eigenvalue weighted by Crippen LogP contribution is -2.41. The lowest BCUT2D eigenvalue weighted by Gasteiger charge is -2.17. The molecule has 0 aliphatic carbocycles. The van der Waals surface area contributed by atoms with Crippen molar-refractivity contribution in [1.82, 2.24) is 15.6 Å². The summed E-state index contributed by atoms with van der Waals surface area (Å²) in [6.07, 6.45) is -0.139. The van der Waals surface area contributed by atoms with Gasteiger partial charge in [-0.15, -0.1) is 35.3 Å². The van der Waals surface area contributed by atoms with Crippen molar-refractivity contribution in [3.63, 3.8) is 0 Å². The number of nitrogens with one attached hydrogen (secondary N) is 2. The van der Waals surface area contributed by atoms with Crippen molar-refractivity contribution < 1.29 is 9.13 Å². The number of aliphatic imine (C=N–C) groups is 1. The van der Waals surface area contributed by atoms with Crippen LogP contribution in [0.2, 0.25) is 0 Å². The third-order valence-electron chi connectivity index (χ3n) is 3.27. The Balaban J connectivity index is 0.00000338. The molecule has 144 valence electrons. The Kier molecular flexibility index (Phi) is 9.63. The van der Waals surface area contributed by atoms with Crippen LogP contribution in [-0.2, 0) is 6.54 Å². The molecule has 6 nitrogen and oxygen atoms in total. The Hall–Kier alpha value is -1.62. The molecule has 0 aliphatic heterocycles. The van der Waals surface area contributed by atoms with E-state index in [2.05, 4.69) is 20.6 Å². The highest BCUT2D eigenvalue weighted by Gasteiger charge is 2.08. The molecular weight excluding hydrogens is 468 g/mol. The predicted octanol–water partition coefficient (Wildman–Crippen LogP) is 3.10. The van der Waals surface area contributed by atoms with Gasteiger partial charge in [-0.05, 0) is 19.1 Å². The summed E-state index contributed by atoms with van der Waals surface area (Å²) in [4.78, 5) is 10.7. The average molecular weight is 493 g/mol. The van der Waals surface area contributed by atoms with Gasteiger partial charge in [-0.25, -0.2) is 9.37 Å². The zero-order valence-electron chi connectivity index (χ0n) is 15.3. The second-order valence-corrected chi connectivity index (χ2v) is 6.54. The number of guanidine groups is 1. The van der Waals surface area contributed by atoms with Crippen LogP contribution in [-0.4, -0.2) is 44.7 Å². The van der Waals surface area contributed by atoms with Crippen LogP contribution in [0.25, 0.3) is 0 Å². The van der Waals surface area contributed by atoms with E-state index in [0.717, 1.165) is 10.8 Å². The number of hydrogen-bond donors (Lipinski definition) is 2. The third kappa shape index (κ3) is 7.32. The van der Waals surface area contributed by atoms with E-state index in [1.54, 1.807) is 30.5 Å². The topological polar surface area (TPSA) is 61.8 Å². The van der Waals surface area contributed by atoms with E-state index in [9.17, 15) is 4.39 Å². The van der Waals surface area contributed by atoms with Gasteiger partial charge < -0.3 is 20.3 Å². The first-order valence-corrected chi connectivity index (χ1v) is 8.84. The molecular formula is C17H25FIN5OS. The molecule has 2 rings (SSSR count). The number of nitrogens with zero attached hydrogens (tertiary/aromatic N) is 3. The summed E-state index contributed by atoms with van der Waals surface area (Å²) < 4.78 is 18.8. The molecule has 1 unspecified atom stereocenters. The fraction of sp³-hybridized carbons (Fsp3) is 0.412. The highest BCUT2D eigenvalue weighted by Crippen LogP contribution is 2.17. The molecule has 0 spiro atoms. The first kappa shape index (κ1) is 22.4. The van der Waals surface area contributed by atoms with Crippen molar-refractivity contribution >= 4 is 46.4 Å². The maximum atomic E-state index is 13.2. The number of aromatic nitrogens is 1. The van der Waals surface area contributed by atoms with E-state index in [-0.39, 0.29) is 35.9 Å². The van der Waals surface area contributed by atoms with E-state index in [4.69, 9.17) is 4.74 Å². The number of thiazole rings is 1. The molecule has 0 amide bonds. The summed E-state index contributed by atoms with van der Waals surface area (Å²) in [6, 6.07) is 6.12. The molecule has 0 bridgehead atoms. The molecule has 1 aromatic heterocycles. The SMILES string of the molecule is CN=C(NCc1csc(N(C)C)n1)NCC(C)Oc1cccc(F)c1.I. The molecule has 0 fully saturated rings. The minimum atomic E-state index is -0.310. The van der Waals surface area contributed by atoms with Gasteiger partial charge in [0.25, 0.3) is 0 Å². The predicted molar refractivity (Wildman–Crippen MR) is 117 cm³/mol. The van der Waals surface area contributed by atoms with Crippen LogP contribution >= 0.6 is 35.3 Å². The first-order valence-electron chi connectivity index (χ1n) is 7.96. The quantitative estimate of drug-likeness (QED) is 0.353. The summed E-state index contributed by atoms with van der Waals surface area (Å²) in [7, 11) is 5.65. The second-order valence-electron chi connectivity index (χ2n) is 5.71. The maximum absolute atomic E-state index is 13.2. The highest BCUT2D eigenvalue weighted by molar-refractivity contribution is 14.0. The zero-order valence-corrected chi connectivity index (χ0v) is 18.5. The Morgan fingerprint density at radius 2 is 2.15 bits per heavy atom. The molecule has 0 radical (unpaired) electrons. The zero-order chi connectivity index (χ0) is 18.2. The Morgan fingerprint density at radius 3 is 2.77 bits per heavy atom. The molecule has 1 atom stereocenters. The van der Waals surface area contributed by atoms with Gasteiger partial charge in [0.2, 0.25) is 0 Å². The van der Waals surface area contributed by atoms with Gasteiger partial charge in [0, 0.05) is 32.6 Å². The highest BCUT2D eigenvalue weighted by atomic mass is 127. The van der Waals surface area contributed by atoms with E-state index in [1.807, 2.05) is 31.3 Å². The number of hydrogen-bond acceptors (Lipinski definition) is 5. The van der Waals surface area contributed by atoms with Crippen LogP contribution < -0.4 is 20.3 Å². The molecule has 2 aromatic rings. The van der Waals surface area contributed by atoms with Crippen molar-refractivity contribution in [1.29, 1.82) is 0 Å². The molecule has 1 heterocycles. The molecule has 0 saturated carbocycles. The summed E-state index contributed by atoms with van der Waals surface area (Å²) in [5.41, 5.74) is 0.959. The maximum Gasteiger partial charge on any atom is 0.191 e. The monoisotopic (exact) mass is 493 g/mol. The number of ether oxygens (including phenoxy) is 1. The van der Waals surface area contributed by atoms with Crippen LogP contribution in [0.3, 0.4) is 0 Å². The standard InChI is InChI=1S/C17H24FN5OS.HI/c1-12(24-15-7-5-6-13(18)8-15)9-20-16(19-2)21-10-14-11-25-17(22-14)23(3)4;/h5-8,11-12H,9-10H2,1-4H3,(H2,19,20,21);1H. The molecule has 26 heavy (non-hydrogen) atoms. The van der Waals surface area contributed by atoms with E-state index in [0.29, 0.717) is 24.8 Å². The van der Waals surface area contributed by atoms with E-state index >= 15 is 0 Å². The smallest absolute Gasteiger partial charge is 0.191 e. The average Bonchev–Trinajstić information content (AvgIpc) is 3.04. The number of rotatable bonds is 7. The van der Waals surface area contributed by atoms with Crippen molar-refractivity contribution in [2.24, 2.45) is 4.99 Å². The molecule has 0 saturated heterocycles. The molecule has 9 heteroatoms. The lowest BCUT2D eigenvalue weighted by molar-refractivity contribution is 0.223. The van der Waals surface area contributed by atoms with Crippen molar-refractivity contribution in [2.75, 3.05) is 32.6 Å². The van der Waals surface area contributed by atoms with Crippen LogP contribution in [0.1, 0.15) is 12.6 Å². The molecule has 0 aliphatic rings. The summed E-state index contributed by atoms with van der Waals surface area (Å²) in [5.74, 6) is 0.862. The van der Waals surface area contributed by atoms with E-state index in [1.165, 1.54) is 12.1 Å². The minimum absolute atomic E-state index is 0. The fourth-order valence-corrected chi connectivity index (χ4v) is 2.79. The van der Waals surface area contributed by atoms with Gasteiger partial charge in [0.05, 0.1) is 18.8 Å². The van der Waals surface area contributed by atoms with Crippen molar-refractivity contribution in [3.8, 4) is 5.75 Å². The van der Waals surface area contributed by atoms with Gasteiger partial charge >= 0.3 is 0 Å². The second kappa shape index (κ2) is 11.2. The number of anilines is 1. The van der Waals surface area contributed by atoms with Crippen molar-refractivity contribution in [2.45, 2.75) is 19.6 Å². The Morgan fingerprint density at radius 1 is 1.38 bits per heavy atom. The van der Waals surface area contributed by atoms with Gasteiger partial charge in [0.15, 0.2) is 11.1 Å². The minimum Gasteiger partial charge on any atom is -0.489 e. The Bertz CT molecular complexity index is 710.